The number of pyridine rings is 1. The average molecular weight is 215 g/mol. The van der Waals surface area contributed by atoms with Crippen LogP contribution in [0, 0.1) is 6.92 Å². The highest BCUT2D eigenvalue weighted by atomic mass is 16.5. The maximum Gasteiger partial charge on any atom is 0.219 e. The summed E-state index contributed by atoms with van der Waals surface area (Å²) in [6, 6.07) is 11.2. The maximum absolute atomic E-state index is 8.98. The van der Waals surface area contributed by atoms with E-state index in [1.165, 1.54) is 5.56 Å². The van der Waals surface area contributed by atoms with Gasteiger partial charge >= 0.3 is 0 Å². The molecule has 0 spiro atoms. The van der Waals surface area contributed by atoms with E-state index < -0.39 is 0 Å². The minimum Gasteiger partial charge on any atom is -0.439 e. The summed E-state index contributed by atoms with van der Waals surface area (Å²) in [6.07, 6.45) is 1.62. The van der Waals surface area contributed by atoms with Crippen LogP contribution in [0.3, 0.4) is 0 Å². The second-order valence-corrected chi connectivity index (χ2v) is 3.58. The number of nitrogens with zero attached hydrogens (tertiary/aromatic N) is 1. The minimum atomic E-state index is -0.00716. The molecule has 2 aromatic rings. The molecule has 1 aromatic heterocycles. The van der Waals surface area contributed by atoms with Gasteiger partial charge in [-0.25, -0.2) is 4.98 Å². The van der Waals surface area contributed by atoms with E-state index in [4.69, 9.17) is 9.84 Å². The SMILES string of the molecule is Cc1ccc(Oc2cc(CO)ccn2)cc1. The first-order valence-corrected chi connectivity index (χ1v) is 5.08. The second kappa shape index (κ2) is 4.77. The van der Waals surface area contributed by atoms with Crippen molar-refractivity contribution in [3.05, 3.63) is 53.7 Å². The van der Waals surface area contributed by atoms with Gasteiger partial charge in [0.15, 0.2) is 0 Å². The van der Waals surface area contributed by atoms with Crippen molar-refractivity contribution in [2.45, 2.75) is 13.5 Å². The van der Waals surface area contributed by atoms with E-state index >= 15 is 0 Å². The van der Waals surface area contributed by atoms with E-state index in [2.05, 4.69) is 4.98 Å². The number of aromatic nitrogens is 1. The van der Waals surface area contributed by atoms with Crippen LogP contribution in [-0.2, 0) is 6.61 Å². The van der Waals surface area contributed by atoms with Gasteiger partial charge in [-0.05, 0) is 30.7 Å². The molecule has 82 valence electrons. The molecule has 0 atom stereocenters. The van der Waals surface area contributed by atoms with Crippen molar-refractivity contribution in [3.63, 3.8) is 0 Å². The van der Waals surface area contributed by atoms with Gasteiger partial charge in [0, 0.05) is 12.3 Å². The van der Waals surface area contributed by atoms with Gasteiger partial charge in [-0.1, -0.05) is 17.7 Å². The quantitative estimate of drug-likeness (QED) is 0.855. The van der Waals surface area contributed by atoms with Crippen LogP contribution in [0.25, 0.3) is 0 Å². The Labute approximate surface area is 94.3 Å². The molecule has 1 aromatic carbocycles. The summed E-state index contributed by atoms with van der Waals surface area (Å²) in [7, 11) is 0. The van der Waals surface area contributed by atoms with Gasteiger partial charge in [0.25, 0.3) is 0 Å². The van der Waals surface area contributed by atoms with Gasteiger partial charge in [-0.3, -0.25) is 0 Å². The standard InChI is InChI=1S/C13H13NO2/c1-10-2-4-12(5-3-10)16-13-8-11(9-15)6-7-14-13/h2-8,15H,9H2,1H3. The molecular formula is C13H13NO2. The summed E-state index contributed by atoms with van der Waals surface area (Å²) in [6.45, 7) is 2.02. The Morgan fingerprint density at radius 3 is 2.62 bits per heavy atom. The predicted octanol–water partition coefficient (Wildman–Crippen LogP) is 2.67. The Hall–Kier alpha value is -1.87. The van der Waals surface area contributed by atoms with E-state index in [9.17, 15) is 0 Å². The average Bonchev–Trinajstić information content (AvgIpc) is 2.32. The third-order valence-corrected chi connectivity index (χ3v) is 2.23. The fourth-order valence-electron chi connectivity index (χ4n) is 1.33. The van der Waals surface area contributed by atoms with Crippen molar-refractivity contribution in [3.8, 4) is 11.6 Å². The smallest absolute Gasteiger partial charge is 0.219 e. The zero-order valence-corrected chi connectivity index (χ0v) is 9.05. The van der Waals surface area contributed by atoms with Gasteiger partial charge in [0.1, 0.15) is 5.75 Å². The van der Waals surface area contributed by atoms with E-state index in [0.29, 0.717) is 5.88 Å². The molecule has 0 aliphatic rings. The van der Waals surface area contributed by atoms with Crippen molar-refractivity contribution in [1.82, 2.24) is 4.98 Å². The van der Waals surface area contributed by atoms with Crippen molar-refractivity contribution < 1.29 is 9.84 Å². The van der Waals surface area contributed by atoms with E-state index in [-0.39, 0.29) is 6.61 Å². The monoisotopic (exact) mass is 215 g/mol. The Morgan fingerprint density at radius 2 is 1.94 bits per heavy atom. The minimum absolute atomic E-state index is 0.00716. The number of rotatable bonds is 3. The topological polar surface area (TPSA) is 42.4 Å². The number of aliphatic hydroxyl groups is 1. The summed E-state index contributed by atoms with van der Waals surface area (Å²) in [4.78, 5) is 4.07. The van der Waals surface area contributed by atoms with Gasteiger partial charge in [0.2, 0.25) is 5.88 Å². The van der Waals surface area contributed by atoms with E-state index in [1.54, 1.807) is 18.3 Å². The lowest BCUT2D eigenvalue weighted by Crippen LogP contribution is -1.90. The van der Waals surface area contributed by atoms with E-state index in [1.807, 2.05) is 31.2 Å². The highest BCUT2D eigenvalue weighted by Crippen LogP contribution is 2.20. The lowest BCUT2D eigenvalue weighted by Gasteiger charge is -2.05. The molecule has 2 rings (SSSR count). The highest BCUT2D eigenvalue weighted by molar-refractivity contribution is 5.30. The van der Waals surface area contributed by atoms with Crippen LogP contribution in [-0.4, -0.2) is 10.1 Å². The van der Waals surface area contributed by atoms with Crippen LogP contribution in [0.5, 0.6) is 11.6 Å². The predicted molar refractivity (Wildman–Crippen MR) is 61.4 cm³/mol. The van der Waals surface area contributed by atoms with Crippen molar-refractivity contribution in [1.29, 1.82) is 0 Å². The Morgan fingerprint density at radius 1 is 1.19 bits per heavy atom. The zero-order chi connectivity index (χ0) is 11.4. The first-order valence-electron chi connectivity index (χ1n) is 5.08. The number of hydrogen-bond donors (Lipinski definition) is 1. The molecule has 16 heavy (non-hydrogen) atoms. The molecule has 0 aliphatic carbocycles. The molecular weight excluding hydrogens is 202 g/mol. The molecule has 3 nitrogen and oxygen atoms in total. The van der Waals surface area contributed by atoms with Gasteiger partial charge < -0.3 is 9.84 Å². The van der Waals surface area contributed by atoms with Gasteiger partial charge in [-0.2, -0.15) is 0 Å². The molecule has 1 heterocycles. The van der Waals surface area contributed by atoms with Crippen molar-refractivity contribution >= 4 is 0 Å². The summed E-state index contributed by atoms with van der Waals surface area (Å²) >= 11 is 0. The molecule has 0 fully saturated rings. The second-order valence-electron chi connectivity index (χ2n) is 3.58. The Balaban J connectivity index is 2.16. The third kappa shape index (κ3) is 2.58. The molecule has 0 aliphatic heterocycles. The Kier molecular flexibility index (Phi) is 3.17. The Bertz CT molecular complexity index is 466. The largest absolute Gasteiger partial charge is 0.439 e. The van der Waals surface area contributed by atoms with Crippen LogP contribution in [0.15, 0.2) is 42.6 Å². The summed E-state index contributed by atoms with van der Waals surface area (Å²) in [5, 5.41) is 8.98. The zero-order valence-electron chi connectivity index (χ0n) is 9.05. The van der Waals surface area contributed by atoms with Crippen LogP contribution >= 0.6 is 0 Å². The van der Waals surface area contributed by atoms with Gasteiger partial charge in [-0.15, -0.1) is 0 Å². The molecule has 0 radical (unpaired) electrons. The summed E-state index contributed by atoms with van der Waals surface area (Å²) in [5.74, 6) is 1.24. The third-order valence-electron chi connectivity index (χ3n) is 2.23. The molecule has 0 bridgehead atoms. The lowest BCUT2D eigenvalue weighted by atomic mass is 10.2. The van der Waals surface area contributed by atoms with E-state index in [0.717, 1.165) is 11.3 Å². The first kappa shape index (κ1) is 10.6. The maximum atomic E-state index is 8.98. The number of ether oxygens (including phenoxy) is 1. The summed E-state index contributed by atoms with van der Waals surface area (Å²) in [5.41, 5.74) is 1.97. The van der Waals surface area contributed by atoms with Crippen LogP contribution in [0.1, 0.15) is 11.1 Å². The fourth-order valence-corrected chi connectivity index (χ4v) is 1.33. The number of benzene rings is 1. The summed E-state index contributed by atoms with van der Waals surface area (Å²) < 4.78 is 5.55. The normalized spacial score (nSPS) is 10.1. The van der Waals surface area contributed by atoms with Crippen LogP contribution in [0.4, 0.5) is 0 Å². The first-order chi connectivity index (χ1) is 7.78. The molecule has 0 unspecified atom stereocenters. The molecule has 1 N–H and O–H groups in total. The molecule has 3 heteroatoms. The van der Waals surface area contributed by atoms with Crippen LogP contribution in [0.2, 0.25) is 0 Å². The fraction of sp³-hybridized carbons (Fsp3) is 0.154. The number of hydrogen-bond acceptors (Lipinski definition) is 3. The van der Waals surface area contributed by atoms with Crippen LogP contribution < -0.4 is 4.74 Å². The lowest BCUT2D eigenvalue weighted by molar-refractivity contribution is 0.281. The van der Waals surface area contributed by atoms with Gasteiger partial charge in [0.05, 0.1) is 6.61 Å². The molecule has 0 amide bonds. The molecule has 0 saturated heterocycles. The highest BCUT2D eigenvalue weighted by Gasteiger charge is 1.99. The number of aliphatic hydroxyl groups excluding tert-OH is 1. The van der Waals surface area contributed by atoms with Crippen molar-refractivity contribution in [2.75, 3.05) is 0 Å². The van der Waals surface area contributed by atoms with Crippen molar-refractivity contribution in [2.24, 2.45) is 0 Å². The molecule has 0 saturated carbocycles. The number of aryl methyl sites for hydroxylation is 1.